The molecule has 0 aliphatic carbocycles. The molecular weight excluding hydrogens is 394 g/mol. The number of halogens is 1. The number of anilines is 2. The van der Waals surface area contributed by atoms with Crippen molar-refractivity contribution in [2.45, 2.75) is 58.2 Å². The summed E-state index contributed by atoms with van der Waals surface area (Å²) in [6.07, 6.45) is 3.37. The van der Waals surface area contributed by atoms with Crippen LogP contribution in [0, 0.1) is 5.82 Å². The summed E-state index contributed by atoms with van der Waals surface area (Å²) in [6.45, 7) is 9.79. The fourth-order valence-corrected chi connectivity index (χ4v) is 3.99. The lowest BCUT2D eigenvalue weighted by Crippen LogP contribution is -2.41. The van der Waals surface area contributed by atoms with E-state index >= 15 is 0 Å². The van der Waals surface area contributed by atoms with Crippen molar-refractivity contribution < 1.29 is 18.5 Å². The van der Waals surface area contributed by atoms with Crippen LogP contribution in [0.25, 0.3) is 0 Å². The van der Waals surface area contributed by atoms with E-state index in [4.69, 9.17) is 9.31 Å². The highest BCUT2D eigenvalue weighted by Crippen LogP contribution is 2.36. The number of amides is 1. The summed E-state index contributed by atoms with van der Waals surface area (Å²) in [7, 11) is -0.512. The molecule has 2 aromatic carbocycles. The van der Waals surface area contributed by atoms with Gasteiger partial charge in [0.15, 0.2) is 0 Å². The second-order valence-corrected chi connectivity index (χ2v) is 9.41. The lowest BCUT2D eigenvalue weighted by atomic mass is 9.79. The average molecular weight is 424 g/mol. The van der Waals surface area contributed by atoms with Crippen LogP contribution in [0.1, 0.15) is 57.3 Å². The lowest BCUT2D eigenvalue weighted by molar-refractivity contribution is 0.00578. The minimum atomic E-state index is -0.512. The number of rotatable bonds is 4. The van der Waals surface area contributed by atoms with Gasteiger partial charge in [-0.05, 0) is 82.8 Å². The average Bonchev–Trinajstić information content (AvgIpc) is 2.95. The first-order chi connectivity index (χ1) is 14.6. The Labute approximate surface area is 184 Å². The van der Waals surface area contributed by atoms with Gasteiger partial charge < -0.3 is 19.5 Å². The molecule has 1 N–H and O–H groups in total. The molecular formula is C24H30BFN2O3. The highest BCUT2D eigenvalue weighted by atomic mass is 19.1. The molecule has 2 aliphatic heterocycles. The summed E-state index contributed by atoms with van der Waals surface area (Å²) in [5.74, 6) is -0.747. The first kappa shape index (κ1) is 21.8. The van der Waals surface area contributed by atoms with Gasteiger partial charge in [0.2, 0.25) is 0 Å². The van der Waals surface area contributed by atoms with Gasteiger partial charge in [-0.2, -0.15) is 0 Å². The van der Waals surface area contributed by atoms with Crippen molar-refractivity contribution in [3.63, 3.8) is 0 Å². The predicted octanol–water partition coefficient (Wildman–Crippen LogP) is 4.37. The van der Waals surface area contributed by atoms with Gasteiger partial charge in [-0.3, -0.25) is 4.79 Å². The molecule has 2 fully saturated rings. The molecule has 0 atom stereocenters. The van der Waals surface area contributed by atoms with Crippen molar-refractivity contribution in [2.75, 3.05) is 23.3 Å². The van der Waals surface area contributed by atoms with Crippen LogP contribution >= 0.6 is 0 Å². The number of nitrogens with zero attached hydrogens (tertiary/aromatic N) is 1. The van der Waals surface area contributed by atoms with Crippen LogP contribution in [0.5, 0.6) is 0 Å². The summed E-state index contributed by atoms with van der Waals surface area (Å²) in [6, 6.07) is 11.9. The van der Waals surface area contributed by atoms with Gasteiger partial charge in [0.25, 0.3) is 5.91 Å². The van der Waals surface area contributed by atoms with Gasteiger partial charge in [0, 0.05) is 30.0 Å². The summed E-state index contributed by atoms with van der Waals surface area (Å²) >= 11 is 0. The van der Waals surface area contributed by atoms with Crippen LogP contribution < -0.4 is 15.7 Å². The van der Waals surface area contributed by atoms with Crippen molar-refractivity contribution in [3.05, 3.63) is 53.8 Å². The van der Waals surface area contributed by atoms with Crippen molar-refractivity contribution in [1.82, 2.24) is 0 Å². The third-order valence-corrected chi connectivity index (χ3v) is 6.54. The zero-order valence-corrected chi connectivity index (χ0v) is 18.7. The maximum atomic E-state index is 14.3. The highest BCUT2D eigenvalue weighted by molar-refractivity contribution is 6.62. The number of hydrogen-bond donors (Lipinski definition) is 1. The van der Waals surface area contributed by atoms with E-state index in [0.717, 1.165) is 37.1 Å². The number of piperidine rings is 1. The normalized spacial score (nSPS) is 20.0. The van der Waals surface area contributed by atoms with E-state index in [9.17, 15) is 9.18 Å². The molecule has 0 saturated carbocycles. The van der Waals surface area contributed by atoms with Crippen molar-refractivity contribution in [1.29, 1.82) is 0 Å². The molecule has 0 spiro atoms. The Morgan fingerprint density at radius 3 is 2.35 bits per heavy atom. The number of carbonyl (C=O) groups excluding carboxylic acids is 1. The van der Waals surface area contributed by atoms with Gasteiger partial charge in [-0.25, -0.2) is 4.39 Å². The Morgan fingerprint density at radius 1 is 1.00 bits per heavy atom. The number of carbonyl (C=O) groups is 1. The third-order valence-electron chi connectivity index (χ3n) is 6.54. The summed E-state index contributed by atoms with van der Waals surface area (Å²) in [5.41, 5.74) is 1.62. The van der Waals surface area contributed by atoms with Crippen LogP contribution in [0.4, 0.5) is 15.8 Å². The van der Waals surface area contributed by atoms with E-state index in [-0.39, 0.29) is 5.91 Å². The van der Waals surface area contributed by atoms with E-state index in [0.29, 0.717) is 11.3 Å². The smallest absolute Gasteiger partial charge is 0.399 e. The summed E-state index contributed by atoms with van der Waals surface area (Å²) < 4.78 is 26.5. The molecule has 1 amide bonds. The molecule has 0 bridgehead atoms. The largest absolute Gasteiger partial charge is 0.494 e. The van der Waals surface area contributed by atoms with Crippen LogP contribution in [0.2, 0.25) is 0 Å². The quantitative estimate of drug-likeness (QED) is 0.741. The van der Waals surface area contributed by atoms with Gasteiger partial charge in [0.1, 0.15) is 5.82 Å². The highest BCUT2D eigenvalue weighted by Gasteiger charge is 2.51. The van der Waals surface area contributed by atoms with E-state index in [1.165, 1.54) is 18.6 Å². The molecule has 5 nitrogen and oxygen atoms in total. The Kier molecular flexibility index (Phi) is 5.84. The zero-order valence-electron chi connectivity index (χ0n) is 18.7. The Balaban J connectivity index is 1.51. The van der Waals surface area contributed by atoms with Gasteiger partial charge in [-0.1, -0.05) is 12.1 Å². The molecule has 2 saturated heterocycles. The fraction of sp³-hybridized carbons (Fsp3) is 0.458. The Morgan fingerprint density at radius 2 is 1.68 bits per heavy atom. The van der Waals surface area contributed by atoms with Crippen molar-refractivity contribution >= 4 is 29.9 Å². The van der Waals surface area contributed by atoms with Crippen LogP contribution in [-0.2, 0) is 9.31 Å². The Hall–Kier alpha value is -2.38. The molecule has 164 valence electrons. The van der Waals surface area contributed by atoms with Gasteiger partial charge in [-0.15, -0.1) is 0 Å². The van der Waals surface area contributed by atoms with Crippen LogP contribution in [0.15, 0.2) is 42.5 Å². The molecule has 0 aromatic heterocycles. The number of benzene rings is 2. The van der Waals surface area contributed by atoms with Crippen LogP contribution in [0.3, 0.4) is 0 Å². The van der Waals surface area contributed by atoms with Crippen LogP contribution in [-0.4, -0.2) is 37.3 Å². The van der Waals surface area contributed by atoms with Gasteiger partial charge in [0.05, 0.1) is 11.2 Å². The van der Waals surface area contributed by atoms with E-state index < -0.39 is 24.1 Å². The molecule has 7 heteroatoms. The minimum Gasteiger partial charge on any atom is -0.399 e. The standard InChI is InChI=1S/C24H30BFN2O3/c1-23(2)24(3,4)31-25(30-23)18-9-8-10-20(15-18)27-22(29)17-13-19(26)16-21(14-17)28-11-6-5-7-12-28/h8-10,13-16H,5-7,11-12H2,1-4H3,(H,27,29). The second kappa shape index (κ2) is 8.28. The number of hydrogen-bond acceptors (Lipinski definition) is 4. The van der Waals surface area contributed by atoms with Crippen molar-refractivity contribution in [2.24, 2.45) is 0 Å². The minimum absolute atomic E-state index is 0.307. The first-order valence-electron chi connectivity index (χ1n) is 11.0. The predicted molar refractivity (Wildman–Crippen MR) is 123 cm³/mol. The topological polar surface area (TPSA) is 50.8 Å². The summed E-state index contributed by atoms with van der Waals surface area (Å²) in [5, 5.41) is 2.89. The molecule has 31 heavy (non-hydrogen) atoms. The SMILES string of the molecule is CC1(C)OB(c2cccc(NC(=O)c3cc(F)cc(N4CCCCC4)c3)c2)OC1(C)C. The monoisotopic (exact) mass is 424 g/mol. The zero-order chi connectivity index (χ0) is 22.2. The summed E-state index contributed by atoms with van der Waals surface area (Å²) in [4.78, 5) is 15.0. The molecule has 0 radical (unpaired) electrons. The fourth-order valence-electron chi connectivity index (χ4n) is 3.99. The van der Waals surface area contributed by atoms with E-state index in [1.54, 1.807) is 12.1 Å². The molecule has 0 unspecified atom stereocenters. The van der Waals surface area contributed by atoms with E-state index in [2.05, 4.69) is 10.2 Å². The Bertz CT molecular complexity index is 957. The van der Waals surface area contributed by atoms with Gasteiger partial charge >= 0.3 is 7.12 Å². The third kappa shape index (κ3) is 4.63. The lowest BCUT2D eigenvalue weighted by Gasteiger charge is -2.32. The van der Waals surface area contributed by atoms with Crippen molar-refractivity contribution in [3.8, 4) is 0 Å². The molecule has 2 aliphatic rings. The molecule has 2 heterocycles. The second-order valence-electron chi connectivity index (χ2n) is 9.41. The first-order valence-corrected chi connectivity index (χ1v) is 11.0. The number of nitrogens with one attached hydrogen (secondary N) is 1. The molecule has 4 rings (SSSR count). The maximum Gasteiger partial charge on any atom is 0.494 e. The van der Waals surface area contributed by atoms with E-state index in [1.807, 2.05) is 45.9 Å². The molecule has 2 aromatic rings. The maximum absolute atomic E-state index is 14.3.